The maximum atomic E-state index is 6.70. The molecule has 11 rings (SSSR count). The highest BCUT2D eigenvalue weighted by Gasteiger charge is 2.22. The van der Waals surface area contributed by atoms with Crippen molar-refractivity contribution in [2.75, 3.05) is 4.90 Å². The van der Waals surface area contributed by atoms with Crippen LogP contribution in [-0.4, -0.2) is 0 Å². The van der Waals surface area contributed by atoms with Crippen LogP contribution in [0.15, 0.2) is 229 Å². The smallest absolute Gasteiger partial charge is 0.143 e. The number of rotatable bonds is 7. The van der Waals surface area contributed by atoms with Crippen LogP contribution >= 0.6 is 0 Å². The van der Waals surface area contributed by atoms with Gasteiger partial charge in [-0.2, -0.15) is 0 Å². The molecule has 0 unspecified atom stereocenters. The van der Waals surface area contributed by atoms with Gasteiger partial charge >= 0.3 is 0 Å². The molecule has 0 amide bonds. The van der Waals surface area contributed by atoms with E-state index in [1.807, 2.05) is 0 Å². The highest BCUT2D eigenvalue weighted by atomic mass is 16.3. The zero-order valence-electron chi connectivity index (χ0n) is 31.7. The summed E-state index contributed by atoms with van der Waals surface area (Å²) in [5.74, 6) is 0. The van der Waals surface area contributed by atoms with Crippen molar-refractivity contribution in [3.8, 4) is 44.5 Å². The van der Waals surface area contributed by atoms with E-state index in [9.17, 15) is 0 Å². The Kier molecular flexibility index (Phi) is 8.19. The SMILES string of the molecule is c1ccc(-c2cc(-c3ccccc3)cc(N(c3ccc(-c4ccc5ccccc5c4)cc3)c3ccccc3-c3cccc4oc5c6ccccc6ccc5c34)c2)cc1. The quantitative estimate of drug-likeness (QED) is 0.162. The molecule has 0 aliphatic rings. The number of benzene rings is 10. The third-order valence-corrected chi connectivity index (χ3v) is 11.4. The summed E-state index contributed by atoms with van der Waals surface area (Å²) in [6.45, 7) is 0. The van der Waals surface area contributed by atoms with E-state index in [4.69, 9.17) is 4.42 Å². The van der Waals surface area contributed by atoms with Gasteiger partial charge in [0.15, 0.2) is 0 Å². The first-order valence-corrected chi connectivity index (χ1v) is 19.8. The Morgan fingerprint density at radius 3 is 1.66 bits per heavy atom. The molecule has 2 nitrogen and oxygen atoms in total. The van der Waals surface area contributed by atoms with Gasteiger partial charge in [-0.3, -0.25) is 0 Å². The van der Waals surface area contributed by atoms with E-state index in [1.165, 1.54) is 38.4 Å². The predicted octanol–water partition coefficient (Wildman–Crippen LogP) is 16.0. The van der Waals surface area contributed by atoms with E-state index in [2.05, 4.69) is 229 Å². The number of fused-ring (bicyclic) bond motifs is 6. The first kappa shape index (κ1) is 33.6. The summed E-state index contributed by atoms with van der Waals surface area (Å²) in [5.41, 5.74) is 14.3. The van der Waals surface area contributed by atoms with E-state index in [0.717, 1.165) is 66.6 Å². The van der Waals surface area contributed by atoms with Gasteiger partial charge in [0.25, 0.3) is 0 Å². The number of para-hydroxylation sites is 1. The highest BCUT2D eigenvalue weighted by molar-refractivity contribution is 6.19. The lowest BCUT2D eigenvalue weighted by molar-refractivity contribution is 0.673. The first-order chi connectivity index (χ1) is 28.7. The molecular formula is C56H37NO. The minimum Gasteiger partial charge on any atom is -0.455 e. The molecule has 0 aliphatic heterocycles. The van der Waals surface area contributed by atoms with Crippen LogP contribution in [-0.2, 0) is 0 Å². The third kappa shape index (κ3) is 5.91. The summed E-state index contributed by atoms with van der Waals surface area (Å²) in [6.07, 6.45) is 0. The number of furan rings is 1. The first-order valence-electron chi connectivity index (χ1n) is 19.8. The molecule has 11 aromatic rings. The molecule has 1 heterocycles. The van der Waals surface area contributed by atoms with Gasteiger partial charge in [0, 0.05) is 33.1 Å². The normalized spacial score (nSPS) is 11.4. The van der Waals surface area contributed by atoms with Crippen molar-refractivity contribution in [2.24, 2.45) is 0 Å². The Bertz CT molecular complexity index is 3210. The van der Waals surface area contributed by atoms with Gasteiger partial charge in [-0.25, -0.2) is 0 Å². The summed E-state index contributed by atoms with van der Waals surface area (Å²) in [6, 6.07) is 80.8. The Morgan fingerprint density at radius 1 is 0.310 bits per heavy atom. The fourth-order valence-electron chi connectivity index (χ4n) is 8.61. The van der Waals surface area contributed by atoms with Crippen molar-refractivity contribution in [1.82, 2.24) is 0 Å². The molecule has 58 heavy (non-hydrogen) atoms. The van der Waals surface area contributed by atoms with E-state index >= 15 is 0 Å². The topological polar surface area (TPSA) is 16.4 Å². The minimum absolute atomic E-state index is 0.877. The lowest BCUT2D eigenvalue weighted by Crippen LogP contribution is -2.11. The van der Waals surface area contributed by atoms with Crippen molar-refractivity contribution in [3.05, 3.63) is 224 Å². The van der Waals surface area contributed by atoms with Crippen molar-refractivity contribution < 1.29 is 4.42 Å². The average molecular weight is 740 g/mol. The van der Waals surface area contributed by atoms with Gasteiger partial charge in [-0.1, -0.05) is 170 Å². The van der Waals surface area contributed by atoms with Crippen molar-refractivity contribution in [2.45, 2.75) is 0 Å². The summed E-state index contributed by atoms with van der Waals surface area (Å²) in [5, 5.41) is 7.00. The third-order valence-electron chi connectivity index (χ3n) is 11.4. The molecule has 2 heteroatoms. The Morgan fingerprint density at radius 2 is 0.897 bits per heavy atom. The zero-order chi connectivity index (χ0) is 38.4. The van der Waals surface area contributed by atoms with Gasteiger partial charge in [0.2, 0.25) is 0 Å². The van der Waals surface area contributed by atoms with Crippen LogP contribution in [0.5, 0.6) is 0 Å². The zero-order valence-corrected chi connectivity index (χ0v) is 31.7. The molecule has 0 saturated heterocycles. The number of hydrogen-bond donors (Lipinski definition) is 0. The van der Waals surface area contributed by atoms with Gasteiger partial charge in [0.05, 0.1) is 5.69 Å². The molecule has 1 aromatic heterocycles. The lowest BCUT2D eigenvalue weighted by Gasteiger charge is -2.29. The fraction of sp³-hybridized carbons (Fsp3) is 0. The Labute approximate surface area is 337 Å². The summed E-state index contributed by atoms with van der Waals surface area (Å²) >= 11 is 0. The maximum Gasteiger partial charge on any atom is 0.143 e. The van der Waals surface area contributed by atoms with Crippen LogP contribution in [0.2, 0.25) is 0 Å². The predicted molar refractivity (Wildman–Crippen MR) is 245 cm³/mol. The second-order valence-corrected chi connectivity index (χ2v) is 14.9. The van der Waals surface area contributed by atoms with Crippen LogP contribution < -0.4 is 4.90 Å². The molecule has 0 N–H and O–H groups in total. The minimum atomic E-state index is 0.877. The van der Waals surface area contributed by atoms with Crippen molar-refractivity contribution in [3.63, 3.8) is 0 Å². The molecule has 10 aromatic carbocycles. The van der Waals surface area contributed by atoms with Crippen LogP contribution in [0.25, 0.3) is 88.0 Å². The molecule has 0 spiro atoms. The summed E-state index contributed by atoms with van der Waals surface area (Å²) in [4.78, 5) is 2.43. The second kappa shape index (κ2) is 14.1. The molecule has 0 aliphatic carbocycles. The highest BCUT2D eigenvalue weighted by Crippen LogP contribution is 2.47. The van der Waals surface area contributed by atoms with Crippen molar-refractivity contribution in [1.29, 1.82) is 0 Å². The van der Waals surface area contributed by atoms with E-state index in [0.29, 0.717) is 0 Å². The average Bonchev–Trinajstić information content (AvgIpc) is 3.70. The second-order valence-electron chi connectivity index (χ2n) is 14.9. The molecule has 0 atom stereocenters. The molecule has 0 fully saturated rings. The number of nitrogens with zero attached hydrogens (tertiary/aromatic N) is 1. The van der Waals surface area contributed by atoms with Gasteiger partial charge in [0.1, 0.15) is 11.2 Å². The van der Waals surface area contributed by atoms with E-state index in [-0.39, 0.29) is 0 Å². The molecule has 272 valence electrons. The van der Waals surface area contributed by atoms with Crippen molar-refractivity contribution >= 4 is 60.5 Å². The maximum absolute atomic E-state index is 6.70. The molecular weight excluding hydrogens is 703 g/mol. The standard InChI is InChI=1S/C56H37NO/c1-3-14-38(15-4-1)45-35-46(39-16-5-2-6-17-39)37-48(36-45)57(47-31-28-41(29-32-47)44-27-26-40-18-7-8-20-43(40)34-44)53-24-12-11-22-50(53)51-23-13-25-54-55(51)52-33-30-42-19-9-10-21-49(42)56(52)58-54/h1-37H. The molecule has 0 saturated carbocycles. The monoisotopic (exact) mass is 739 g/mol. The number of hydrogen-bond acceptors (Lipinski definition) is 2. The van der Waals surface area contributed by atoms with Crippen LogP contribution in [0.3, 0.4) is 0 Å². The van der Waals surface area contributed by atoms with Crippen LogP contribution in [0.1, 0.15) is 0 Å². The Balaban J connectivity index is 1.14. The number of anilines is 3. The van der Waals surface area contributed by atoms with Gasteiger partial charge in [-0.05, 0) is 110 Å². The fourth-order valence-corrected chi connectivity index (χ4v) is 8.61. The van der Waals surface area contributed by atoms with Gasteiger partial charge in [-0.15, -0.1) is 0 Å². The van der Waals surface area contributed by atoms with Crippen LogP contribution in [0.4, 0.5) is 17.1 Å². The summed E-state index contributed by atoms with van der Waals surface area (Å²) < 4.78 is 6.70. The van der Waals surface area contributed by atoms with E-state index < -0.39 is 0 Å². The van der Waals surface area contributed by atoms with E-state index in [1.54, 1.807) is 0 Å². The summed E-state index contributed by atoms with van der Waals surface area (Å²) in [7, 11) is 0. The molecule has 0 radical (unpaired) electrons. The largest absolute Gasteiger partial charge is 0.455 e. The molecule has 0 bridgehead atoms. The Hall–Kier alpha value is -7.68. The lowest BCUT2D eigenvalue weighted by atomic mass is 9.94. The van der Waals surface area contributed by atoms with Crippen LogP contribution in [0, 0.1) is 0 Å². The van der Waals surface area contributed by atoms with Gasteiger partial charge < -0.3 is 9.32 Å².